The van der Waals surface area contributed by atoms with Crippen LogP contribution in [0.25, 0.3) is 17.1 Å². The number of carbonyl (C=O) groups is 2. The third kappa shape index (κ3) is 5.80. The molecule has 3 rings (SSSR count). The predicted octanol–water partition coefficient (Wildman–Crippen LogP) is 3.41. The lowest BCUT2D eigenvalue weighted by Crippen LogP contribution is -2.21. The molecule has 1 aromatic carbocycles. The zero-order chi connectivity index (χ0) is 24.1. The zero-order valence-electron chi connectivity index (χ0n) is 19.1. The number of hydrogen-bond acceptors (Lipinski definition) is 5. The van der Waals surface area contributed by atoms with Crippen LogP contribution in [0.3, 0.4) is 0 Å². The van der Waals surface area contributed by atoms with Crippen molar-refractivity contribution in [3.8, 4) is 6.07 Å². The van der Waals surface area contributed by atoms with Gasteiger partial charge in [0.05, 0.1) is 11.0 Å². The summed E-state index contributed by atoms with van der Waals surface area (Å²) in [6.45, 7) is 8.56. The summed E-state index contributed by atoms with van der Waals surface area (Å²) in [6.07, 6.45) is 2.51. The molecule has 9 nitrogen and oxygen atoms in total. The predicted molar refractivity (Wildman–Crippen MR) is 125 cm³/mol. The molecule has 0 saturated carbocycles. The molecule has 0 radical (unpaired) electrons. The van der Waals surface area contributed by atoms with Gasteiger partial charge in [-0.05, 0) is 62.1 Å². The van der Waals surface area contributed by atoms with Crippen LogP contribution >= 0.6 is 0 Å². The summed E-state index contributed by atoms with van der Waals surface area (Å²) in [6, 6.07) is 8.63. The van der Waals surface area contributed by atoms with Crippen molar-refractivity contribution in [2.45, 2.75) is 40.7 Å². The number of aromatic amines is 2. The molecule has 33 heavy (non-hydrogen) atoms. The van der Waals surface area contributed by atoms with Crippen molar-refractivity contribution in [1.82, 2.24) is 14.5 Å². The van der Waals surface area contributed by atoms with Crippen molar-refractivity contribution in [3.63, 3.8) is 0 Å². The fourth-order valence-corrected chi connectivity index (χ4v) is 3.51. The number of ether oxygens (including phenoxy) is 1. The van der Waals surface area contributed by atoms with E-state index in [0.717, 1.165) is 29.9 Å². The lowest BCUT2D eigenvalue weighted by atomic mass is 10.1. The van der Waals surface area contributed by atoms with E-state index in [1.165, 1.54) is 6.08 Å². The molecule has 0 aliphatic rings. The standard InChI is InChI=1S/C24H27N5O4/c1-14(2)7-8-29-15(3)9-17(16(29)4)10-18(12-25)23(31)33-13-22(30)26-19-5-6-20-21(11-19)28-24(32)27-20/h5-6,9-11,14H,7-8,13H2,1-4H3,(H,26,30)(H2,27,28,32). The maximum atomic E-state index is 12.4. The minimum absolute atomic E-state index is 0.182. The number of fused-ring (bicyclic) bond motifs is 1. The first-order chi connectivity index (χ1) is 15.7. The highest BCUT2D eigenvalue weighted by Crippen LogP contribution is 2.20. The molecule has 0 spiro atoms. The van der Waals surface area contributed by atoms with Gasteiger partial charge in [0.15, 0.2) is 6.61 Å². The average Bonchev–Trinajstić information content (AvgIpc) is 3.25. The lowest BCUT2D eigenvalue weighted by molar-refractivity contribution is -0.142. The highest BCUT2D eigenvalue weighted by atomic mass is 16.5. The fourth-order valence-electron chi connectivity index (χ4n) is 3.51. The van der Waals surface area contributed by atoms with Crippen molar-refractivity contribution in [2.24, 2.45) is 5.92 Å². The number of nitrogens with one attached hydrogen (secondary N) is 3. The maximum Gasteiger partial charge on any atom is 0.349 e. The molecular weight excluding hydrogens is 422 g/mol. The van der Waals surface area contributed by atoms with E-state index >= 15 is 0 Å². The summed E-state index contributed by atoms with van der Waals surface area (Å²) in [5.41, 5.74) is 3.82. The molecule has 0 aliphatic carbocycles. The molecule has 9 heteroatoms. The second-order valence-electron chi connectivity index (χ2n) is 8.29. The Morgan fingerprint density at radius 1 is 1.21 bits per heavy atom. The quantitative estimate of drug-likeness (QED) is 0.275. The van der Waals surface area contributed by atoms with Crippen LogP contribution in [0.4, 0.5) is 5.69 Å². The smallest absolute Gasteiger partial charge is 0.349 e. The minimum atomic E-state index is -0.870. The number of rotatable bonds is 8. The number of amides is 1. The number of imidazole rings is 1. The van der Waals surface area contributed by atoms with Crippen molar-refractivity contribution < 1.29 is 14.3 Å². The number of nitriles is 1. The number of aromatic nitrogens is 3. The van der Waals surface area contributed by atoms with E-state index in [1.54, 1.807) is 18.2 Å². The van der Waals surface area contributed by atoms with Crippen LogP contribution in [0.2, 0.25) is 0 Å². The summed E-state index contributed by atoms with van der Waals surface area (Å²) in [4.78, 5) is 41.1. The van der Waals surface area contributed by atoms with Gasteiger partial charge >= 0.3 is 11.7 Å². The number of nitrogens with zero attached hydrogens (tertiary/aromatic N) is 2. The number of carbonyl (C=O) groups excluding carboxylic acids is 2. The van der Waals surface area contributed by atoms with E-state index in [-0.39, 0.29) is 11.3 Å². The SMILES string of the molecule is Cc1cc(C=C(C#N)C(=O)OCC(=O)Nc2ccc3[nH]c(=O)[nH]c3c2)c(C)n1CCC(C)C. The highest BCUT2D eigenvalue weighted by Gasteiger charge is 2.16. The number of esters is 1. The molecule has 0 bridgehead atoms. The van der Waals surface area contributed by atoms with Crippen LogP contribution < -0.4 is 11.0 Å². The normalized spacial score (nSPS) is 11.6. The number of H-pyrrole nitrogens is 2. The van der Waals surface area contributed by atoms with E-state index < -0.39 is 18.5 Å². The number of anilines is 1. The zero-order valence-corrected chi connectivity index (χ0v) is 19.1. The van der Waals surface area contributed by atoms with E-state index in [0.29, 0.717) is 22.6 Å². The topological polar surface area (TPSA) is 133 Å². The van der Waals surface area contributed by atoms with Crippen molar-refractivity contribution >= 4 is 34.7 Å². The Balaban J connectivity index is 1.63. The van der Waals surface area contributed by atoms with E-state index in [1.807, 2.05) is 26.0 Å². The molecule has 1 amide bonds. The third-order valence-corrected chi connectivity index (χ3v) is 5.32. The van der Waals surface area contributed by atoms with Gasteiger partial charge in [-0.3, -0.25) is 4.79 Å². The molecule has 2 heterocycles. The van der Waals surface area contributed by atoms with E-state index in [2.05, 4.69) is 33.7 Å². The van der Waals surface area contributed by atoms with Gasteiger partial charge in [-0.25, -0.2) is 9.59 Å². The maximum absolute atomic E-state index is 12.4. The Kier molecular flexibility index (Phi) is 7.18. The van der Waals surface area contributed by atoms with Gasteiger partial charge in [0, 0.05) is 23.6 Å². The van der Waals surface area contributed by atoms with Gasteiger partial charge in [0.2, 0.25) is 0 Å². The number of hydrogen-bond donors (Lipinski definition) is 3. The van der Waals surface area contributed by atoms with Crippen LogP contribution in [-0.2, 0) is 20.9 Å². The summed E-state index contributed by atoms with van der Waals surface area (Å²) >= 11 is 0. The van der Waals surface area contributed by atoms with E-state index in [9.17, 15) is 19.6 Å². The monoisotopic (exact) mass is 449 g/mol. The molecule has 0 fully saturated rings. The van der Waals surface area contributed by atoms with Crippen LogP contribution in [-0.4, -0.2) is 33.0 Å². The van der Waals surface area contributed by atoms with Crippen molar-refractivity contribution in [2.75, 3.05) is 11.9 Å². The Hall–Kier alpha value is -4.06. The summed E-state index contributed by atoms with van der Waals surface area (Å²) in [5.74, 6) is -0.872. The molecular formula is C24H27N5O4. The molecule has 3 N–H and O–H groups in total. The molecule has 0 unspecified atom stereocenters. The Morgan fingerprint density at radius 3 is 2.64 bits per heavy atom. The second kappa shape index (κ2) is 10.0. The first-order valence-corrected chi connectivity index (χ1v) is 10.7. The van der Waals surface area contributed by atoms with E-state index in [4.69, 9.17) is 4.74 Å². The van der Waals surface area contributed by atoms with Crippen LogP contribution in [0.15, 0.2) is 34.6 Å². The Labute approximate surface area is 191 Å². The lowest BCUT2D eigenvalue weighted by Gasteiger charge is -2.11. The molecule has 0 aliphatic heterocycles. The second-order valence-corrected chi connectivity index (χ2v) is 8.29. The van der Waals surface area contributed by atoms with Gasteiger partial charge in [-0.15, -0.1) is 0 Å². The fraction of sp³-hybridized carbons (Fsp3) is 0.333. The van der Waals surface area contributed by atoms with Gasteiger partial charge in [-0.1, -0.05) is 13.8 Å². The Bertz CT molecular complexity index is 1320. The first-order valence-electron chi connectivity index (χ1n) is 10.7. The summed E-state index contributed by atoms with van der Waals surface area (Å²) in [7, 11) is 0. The van der Waals surface area contributed by atoms with Crippen molar-refractivity contribution in [1.29, 1.82) is 5.26 Å². The molecule has 3 aromatic rings. The minimum Gasteiger partial charge on any atom is -0.451 e. The van der Waals surface area contributed by atoms with Gasteiger partial charge in [-0.2, -0.15) is 5.26 Å². The summed E-state index contributed by atoms with van der Waals surface area (Å²) in [5, 5.41) is 12.0. The molecule has 2 aromatic heterocycles. The van der Waals surface area contributed by atoms with Gasteiger partial charge in [0.25, 0.3) is 5.91 Å². The summed E-state index contributed by atoms with van der Waals surface area (Å²) < 4.78 is 7.20. The van der Waals surface area contributed by atoms with Crippen LogP contribution in [0, 0.1) is 31.1 Å². The van der Waals surface area contributed by atoms with Gasteiger partial charge < -0.3 is 24.6 Å². The van der Waals surface area contributed by atoms with Crippen LogP contribution in [0.1, 0.15) is 37.2 Å². The molecule has 0 saturated heterocycles. The average molecular weight is 450 g/mol. The third-order valence-electron chi connectivity index (χ3n) is 5.32. The Morgan fingerprint density at radius 2 is 1.94 bits per heavy atom. The molecule has 0 atom stereocenters. The van der Waals surface area contributed by atoms with Gasteiger partial charge in [0.1, 0.15) is 11.6 Å². The molecule has 172 valence electrons. The van der Waals surface area contributed by atoms with Crippen molar-refractivity contribution in [3.05, 3.63) is 57.3 Å². The number of aryl methyl sites for hydroxylation is 1. The van der Waals surface area contributed by atoms with Crippen LogP contribution in [0.5, 0.6) is 0 Å². The first kappa shape index (κ1) is 23.6. The number of benzene rings is 1. The largest absolute Gasteiger partial charge is 0.451 e. The highest BCUT2D eigenvalue weighted by molar-refractivity contribution is 6.00.